The summed E-state index contributed by atoms with van der Waals surface area (Å²) in [6, 6.07) is 0. The predicted octanol–water partition coefficient (Wildman–Crippen LogP) is 7.37. The summed E-state index contributed by atoms with van der Waals surface area (Å²) in [5, 5.41) is 0. The minimum atomic E-state index is -1.14. The molecule has 0 saturated carbocycles. The molecule has 1 atom stereocenters. The number of hydrogen-bond donors (Lipinski definition) is 0. The number of rotatable bonds is 12. The topological polar surface area (TPSA) is 9.23 Å². The largest absolute Gasteiger partial charge is 0.491 e. The van der Waals surface area contributed by atoms with Crippen LogP contribution in [0.5, 0.6) is 0 Å². The Morgan fingerprint density at radius 1 is 0.960 bits per heavy atom. The van der Waals surface area contributed by atoms with E-state index in [1.807, 2.05) is 6.92 Å². The van der Waals surface area contributed by atoms with E-state index in [1.54, 1.807) is 12.2 Å². The van der Waals surface area contributed by atoms with Crippen molar-refractivity contribution in [2.75, 3.05) is 6.61 Å². The molecule has 140 valence electrons. The summed E-state index contributed by atoms with van der Waals surface area (Å²) < 4.78 is 33.1. The molecule has 0 N–H and O–H groups in total. The van der Waals surface area contributed by atoms with Crippen molar-refractivity contribution in [3.63, 3.8) is 0 Å². The second-order valence-corrected chi connectivity index (χ2v) is 6.68. The fourth-order valence-corrected chi connectivity index (χ4v) is 1.93. The van der Waals surface area contributed by atoms with Crippen molar-refractivity contribution in [2.24, 2.45) is 11.8 Å². The van der Waals surface area contributed by atoms with Crippen LogP contribution in [-0.4, -0.2) is 6.61 Å². The Morgan fingerprint density at radius 2 is 1.56 bits per heavy atom. The van der Waals surface area contributed by atoms with E-state index in [1.165, 1.54) is 0 Å². The van der Waals surface area contributed by atoms with Gasteiger partial charge in [0.2, 0.25) is 5.83 Å². The van der Waals surface area contributed by atoms with E-state index in [0.717, 1.165) is 18.4 Å². The van der Waals surface area contributed by atoms with Gasteiger partial charge in [0.05, 0.1) is 6.61 Å². The van der Waals surface area contributed by atoms with Crippen molar-refractivity contribution in [2.45, 2.75) is 47.0 Å². The first-order chi connectivity index (χ1) is 11.6. The van der Waals surface area contributed by atoms with E-state index >= 15 is 0 Å². The monoisotopic (exact) mass is 350 g/mol. The van der Waals surface area contributed by atoms with Crippen LogP contribution in [0, 0.1) is 11.8 Å². The van der Waals surface area contributed by atoms with Gasteiger partial charge in [-0.3, -0.25) is 0 Å². The van der Waals surface area contributed by atoms with E-state index in [-0.39, 0.29) is 23.5 Å². The van der Waals surface area contributed by atoms with Crippen LogP contribution in [0.3, 0.4) is 0 Å². The molecule has 0 aliphatic carbocycles. The van der Waals surface area contributed by atoms with Gasteiger partial charge in [0.15, 0.2) is 11.6 Å². The first-order valence-corrected chi connectivity index (χ1v) is 8.74. The van der Waals surface area contributed by atoms with Crippen molar-refractivity contribution >= 4 is 0 Å². The quantitative estimate of drug-likeness (QED) is 0.264. The highest BCUT2D eigenvalue weighted by Gasteiger charge is 2.15. The summed E-state index contributed by atoms with van der Waals surface area (Å²) in [7, 11) is 0. The summed E-state index contributed by atoms with van der Waals surface area (Å²) in [5.74, 6) is -1.62. The Labute approximate surface area is 152 Å². The highest BCUT2D eigenvalue weighted by atomic mass is 19.2. The molecule has 0 aliphatic rings. The smallest absolute Gasteiger partial charge is 0.200 e. The summed E-state index contributed by atoms with van der Waals surface area (Å²) >= 11 is 0. The maximum absolute atomic E-state index is 14.2. The third-order valence-electron chi connectivity index (χ3n) is 3.88. The predicted molar refractivity (Wildman–Crippen MR) is 104 cm³/mol. The molecule has 0 spiro atoms. The van der Waals surface area contributed by atoms with Crippen molar-refractivity contribution in [1.29, 1.82) is 0 Å². The fraction of sp³-hybridized carbons (Fsp3) is 0.455. The molecule has 0 aliphatic heterocycles. The average molecular weight is 350 g/mol. The van der Waals surface area contributed by atoms with Gasteiger partial charge in [-0.05, 0) is 30.3 Å². The van der Waals surface area contributed by atoms with Crippen molar-refractivity contribution < 1.29 is 13.5 Å². The molecule has 0 amide bonds. The van der Waals surface area contributed by atoms with Crippen LogP contribution in [0.15, 0.2) is 72.6 Å². The number of halogens is 2. The summed E-state index contributed by atoms with van der Waals surface area (Å²) in [4.78, 5) is 0. The van der Waals surface area contributed by atoms with Gasteiger partial charge in [-0.2, -0.15) is 4.39 Å². The zero-order chi connectivity index (χ0) is 19.6. The molecular formula is C22H32F2O. The average Bonchev–Trinajstić information content (AvgIpc) is 2.59. The summed E-state index contributed by atoms with van der Waals surface area (Å²) in [5.41, 5.74) is 1.08. The Bertz CT molecular complexity index is 565. The third-order valence-corrected chi connectivity index (χ3v) is 3.88. The maximum atomic E-state index is 14.2. The standard InChI is InChI=1S/C22H32F2O/c1-9-14-25-20(8)22(24)21(23)19(7)18(6)13-12-17(5)16(4)11-10-15(2)3/h12-13,15-16H,5-11,14H2,1-4H3/b13-12-,22-21-. The lowest BCUT2D eigenvalue weighted by atomic mass is 9.93. The number of allylic oxidation sites excluding steroid dienone is 7. The second kappa shape index (κ2) is 11.6. The molecule has 25 heavy (non-hydrogen) atoms. The van der Waals surface area contributed by atoms with E-state index < -0.39 is 11.7 Å². The lowest BCUT2D eigenvalue weighted by molar-refractivity contribution is 0.208. The van der Waals surface area contributed by atoms with E-state index in [4.69, 9.17) is 4.74 Å². The molecule has 0 aromatic rings. The highest BCUT2D eigenvalue weighted by molar-refractivity contribution is 5.49. The third kappa shape index (κ3) is 8.67. The van der Waals surface area contributed by atoms with Gasteiger partial charge in [-0.25, -0.2) is 4.39 Å². The molecule has 0 heterocycles. The first kappa shape index (κ1) is 23.1. The zero-order valence-electron chi connectivity index (χ0n) is 16.1. The molecular weight excluding hydrogens is 318 g/mol. The van der Waals surface area contributed by atoms with Gasteiger partial charge >= 0.3 is 0 Å². The molecule has 1 nitrogen and oxygen atoms in total. The van der Waals surface area contributed by atoms with E-state index in [2.05, 4.69) is 47.1 Å². The number of ether oxygens (including phenoxy) is 1. The van der Waals surface area contributed by atoms with Gasteiger partial charge in [-0.1, -0.05) is 78.2 Å². The van der Waals surface area contributed by atoms with E-state index in [0.29, 0.717) is 18.3 Å². The van der Waals surface area contributed by atoms with Crippen LogP contribution in [-0.2, 0) is 4.74 Å². The van der Waals surface area contributed by atoms with Crippen molar-refractivity contribution in [1.82, 2.24) is 0 Å². The van der Waals surface area contributed by atoms with Crippen LogP contribution in [0.1, 0.15) is 47.0 Å². The molecule has 3 heteroatoms. The lowest BCUT2D eigenvalue weighted by Crippen LogP contribution is -1.99. The maximum Gasteiger partial charge on any atom is 0.200 e. The van der Waals surface area contributed by atoms with Crippen LogP contribution in [0.4, 0.5) is 8.78 Å². The molecule has 0 radical (unpaired) electrons. The molecule has 0 aromatic heterocycles. The molecule has 0 rings (SSSR count). The van der Waals surface area contributed by atoms with Crippen molar-refractivity contribution in [3.8, 4) is 0 Å². The first-order valence-electron chi connectivity index (χ1n) is 8.74. The fourth-order valence-electron chi connectivity index (χ4n) is 1.93. The molecule has 1 unspecified atom stereocenters. The summed E-state index contributed by atoms with van der Waals surface area (Å²) in [6.07, 6.45) is 6.22. The van der Waals surface area contributed by atoms with Crippen LogP contribution in [0.2, 0.25) is 0 Å². The van der Waals surface area contributed by atoms with Gasteiger partial charge in [0.1, 0.15) is 0 Å². The van der Waals surface area contributed by atoms with Gasteiger partial charge in [0.25, 0.3) is 0 Å². The highest BCUT2D eigenvalue weighted by Crippen LogP contribution is 2.27. The zero-order valence-corrected chi connectivity index (χ0v) is 16.1. The van der Waals surface area contributed by atoms with Gasteiger partial charge in [-0.15, -0.1) is 0 Å². The Kier molecular flexibility index (Phi) is 10.7. The van der Waals surface area contributed by atoms with Crippen molar-refractivity contribution in [3.05, 3.63) is 72.6 Å². The lowest BCUT2D eigenvalue weighted by Gasteiger charge is -2.13. The molecule has 0 bridgehead atoms. The van der Waals surface area contributed by atoms with E-state index in [9.17, 15) is 8.78 Å². The Morgan fingerprint density at radius 3 is 2.08 bits per heavy atom. The van der Waals surface area contributed by atoms with Crippen LogP contribution in [0.25, 0.3) is 0 Å². The second-order valence-electron chi connectivity index (χ2n) is 6.68. The molecule has 0 fully saturated rings. The normalized spacial score (nSPS) is 13.6. The van der Waals surface area contributed by atoms with Gasteiger partial charge in [0, 0.05) is 5.57 Å². The number of hydrogen-bond acceptors (Lipinski definition) is 1. The Hall–Kier alpha value is -1.90. The summed E-state index contributed by atoms with van der Waals surface area (Å²) in [6.45, 7) is 23.3. The molecule has 0 saturated heterocycles. The van der Waals surface area contributed by atoms with Crippen LogP contribution >= 0.6 is 0 Å². The van der Waals surface area contributed by atoms with Crippen LogP contribution < -0.4 is 0 Å². The SMILES string of the molecule is C=C(/C=C\C(=C)C(C)CCC(C)C)C(=C)/C(F)=C(/F)C(=C)OCCC. The molecule has 0 aromatic carbocycles. The van der Waals surface area contributed by atoms with Gasteiger partial charge < -0.3 is 4.74 Å². The minimum absolute atomic E-state index is 0.127. The minimum Gasteiger partial charge on any atom is -0.491 e. The Balaban J connectivity index is 4.85.